The summed E-state index contributed by atoms with van der Waals surface area (Å²) in [5.74, 6) is -5.84. The van der Waals surface area contributed by atoms with Gasteiger partial charge in [0.2, 0.25) is 29.5 Å². The molecule has 250 valence electrons. The second-order valence-electron chi connectivity index (χ2n) is 11.4. The maximum Gasteiger partial charge on any atom is 0.303 e. The zero-order valence-electron chi connectivity index (χ0n) is 26.7. The van der Waals surface area contributed by atoms with Crippen LogP contribution in [-0.2, 0) is 40.0 Å². The van der Waals surface area contributed by atoms with E-state index in [-0.39, 0.29) is 24.5 Å². The summed E-state index contributed by atoms with van der Waals surface area (Å²) in [4.78, 5) is 88.5. The lowest BCUT2D eigenvalue weighted by Gasteiger charge is -2.26. The van der Waals surface area contributed by atoms with E-state index in [4.69, 9.17) is 5.73 Å². The Morgan fingerprint density at radius 2 is 1.28 bits per heavy atom. The average Bonchev–Trinajstić information content (AvgIpc) is 3.00. The molecule has 0 unspecified atom stereocenters. The summed E-state index contributed by atoms with van der Waals surface area (Å²) < 4.78 is 0. The van der Waals surface area contributed by atoms with Crippen molar-refractivity contribution in [2.24, 2.45) is 11.7 Å². The highest BCUT2D eigenvalue weighted by Crippen LogP contribution is 2.20. The molecule has 14 heteroatoms. The monoisotopic (exact) mass is 640 g/mol. The van der Waals surface area contributed by atoms with Gasteiger partial charge in [-0.15, -0.1) is 0 Å². The molecule has 0 fully saturated rings. The molecule has 0 aliphatic carbocycles. The first-order chi connectivity index (χ1) is 21.6. The topological polar surface area (TPSA) is 226 Å². The van der Waals surface area contributed by atoms with Crippen LogP contribution in [0.25, 0.3) is 10.8 Å². The largest absolute Gasteiger partial charge is 0.481 e. The van der Waals surface area contributed by atoms with E-state index in [9.17, 15) is 38.7 Å². The Bertz CT molecular complexity index is 1440. The first-order valence-corrected chi connectivity index (χ1v) is 15.0. The second-order valence-corrected chi connectivity index (χ2v) is 11.4. The fraction of sp³-hybridized carbons (Fsp3) is 0.469. The Hall–Kier alpha value is -4.85. The van der Waals surface area contributed by atoms with Crippen molar-refractivity contribution >= 4 is 52.1 Å². The molecule has 0 bridgehead atoms. The molecule has 5 atom stereocenters. The van der Waals surface area contributed by atoms with Gasteiger partial charge in [-0.1, -0.05) is 56.3 Å². The van der Waals surface area contributed by atoms with Gasteiger partial charge in [-0.25, -0.2) is 0 Å². The van der Waals surface area contributed by atoms with Gasteiger partial charge in [0.05, 0.1) is 18.5 Å². The third-order valence-electron chi connectivity index (χ3n) is 7.44. The zero-order chi connectivity index (χ0) is 34.6. The molecule has 0 heterocycles. The summed E-state index contributed by atoms with van der Waals surface area (Å²) in [6.07, 6.45) is -1.48. The number of carboxylic acid groups (broad SMARTS) is 1. The summed E-state index contributed by atoms with van der Waals surface area (Å²) in [5.41, 5.74) is 6.00. The number of Topliss-reactive ketones (excluding diaryl/α,β-unsaturated/α-hetero) is 1. The molecular weight excluding hydrogens is 596 g/mol. The van der Waals surface area contributed by atoms with Crippen LogP contribution in [0.5, 0.6) is 0 Å². The molecular formula is C32H44N6O8. The van der Waals surface area contributed by atoms with Crippen molar-refractivity contribution in [2.45, 2.75) is 83.6 Å². The van der Waals surface area contributed by atoms with Crippen LogP contribution in [0.4, 0.5) is 0 Å². The highest BCUT2D eigenvalue weighted by molar-refractivity contribution is 5.98. The van der Waals surface area contributed by atoms with Crippen LogP contribution in [0.15, 0.2) is 42.5 Å². The molecule has 5 amide bonds. The standard InChI is InChI=1S/C32H44N6O8/c1-17(2)28(42)18(3)35-31(45)24(15-21-11-8-10-20-9-6-7-12-22(20)21)38-30(44)23(13-14-27(40)41)36-32(46)25(16-26(33)39)37-29(43)19(4)34-5/h6-12,17-19,23-25,34H,13-16H2,1-5H3,(H2,33,39)(H,35,45)(H,36,46)(H,37,43)(H,38,44)(H,40,41)/t18-,19-,23+,24+,25+/m1/s1. The SMILES string of the molecule is CN[C@H](C)C(=O)N[C@@H](CC(N)=O)C(=O)N[C@@H](CCC(=O)O)C(=O)N[C@@H](Cc1cccc2ccccc12)C(=O)N[C@H](C)C(=O)C(C)C. The molecule has 0 aliphatic heterocycles. The Balaban J connectivity index is 2.41. The molecule has 0 spiro atoms. The van der Waals surface area contributed by atoms with Crippen LogP contribution < -0.4 is 32.3 Å². The minimum absolute atomic E-state index is 0.00335. The number of carbonyl (C=O) groups excluding carboxylic acids is 6. The van der Waals surface area contributed by atoms with Gasteiger partial charge in [0.15, 0.2) is 5.78 Å². The van der Waals surface area contributed by atoms with E-state index in [1.54, 1.807) is 26.0 Å². The Labute approximate surface area is 267 Å². The Morgan fingerprint density at radius 1 is 0.717 bits per heavy atom. The van der Waals surface area contributed by atoms with Gasteiger partial charge < -0.3 is 37.4 Å². The van der Waals surface area contributed by atoms with Gasteiger partial charge in [0.1, 0.15) is 18.1 Å². The molecule has 8 N–H and O–H groups in total. The Kier molecular flexibility index (Phi) is 14.3. The molecule has 2 aromatic rings. The summed E-state index contributed by atoms with van der Waals surface area (Å²) in [6.45, 7) is 6.45. The van der Waals surface area contributed by atoms with Crippen molar-refractivity contribution in [3.05, 3.63) is 48.0 Å². The molecule has 0 saturated carbocycles. The first kappa shape index (κ1) is 37.3. The number of nitrogens with one attached hydrogen (secondary N) is 5. The van der Waals surface area contributed by atoms with Crippen molar-refractivity contribution in [1.82, 2.24) is 26.6 Å². The fourth-order valence-corrected chi connectivity index (χ4v) is 4.70. The van der Waals surface area contributed by atoms with Crippen LogP contribution >= 0.6 is 0 Å². The normalized spacial score (nSPS) is 14.3. The summed E-state index contributed by atoms with van der Waals surface area (Å²) in [6, 6.07) is 7.19. The number of primary amides is 1. The number of carbonyl (C=O) groups is 7. The smallest absolute Gasteiger partial charge is 0.303 e. The van der Waals surface area contributed by atoms with Gasteiger partial charge >= 0.3 is 5.97 Å². The van der Waals surface area contributed by atoms with Crippen molar-refractivity contribution in [3.8, 4) is 0 Å². The number of likely N-dealkylation sites (N-methyl/N-ethyl adjacent to an activating group) is 1. The highest BCUT2D eigenvalue weighted by Gasteiger charge is 2.32. The molecule has 0 aliphatic rings. The predicted octanol–water partition coefficient (Wildman–Crippen LogP) is -0.0854. The Morgan fingerprint density at radius 3 is 1.89 bits per heavy atom. The van der Waals surface area contributed by atoms with E-state index >= 15 is 0 Å². The number of aliphatic carboxylic acids is 1. The summed E-state index contributed by atoms with van der Waals surface area (Å²) >= 11 is 0. The van der Waals surface area contributed by atoms with Gasteiger partial charge in [-0.05, 0) is 43.7 Å². The van der Waals surface area contributed by atoms with Gasteiger partial charge in [0, 0.05) is 18.8 Å². The van der Waals surface area contributed by atoms with Crippen molar-refractivity contribution in [3.63, 3.8) is 0 Å². The maximum absolute atomic E-state index is 13.7. The van der Waals surface area contributed by atoms with Crippen LogP contribution in [-0.4, -0.2) is 83.7 Å². The van der Waals surface area contributed by atoms with Crippen LogP contribution in [0.1, 0.15) is 52.5 Å². The first-order valence-electron chi connectivity index (χ1n) is 15.0. The third-order valence-corrected chi connectivity index (χ3v) is 7.44. The lowest BCUT2D eigenvalue weighted by Crippen LogP contribution is -2.59. The number of amides is 5. The van der Waals surface area contributed by atoms with Crippen molar-refractivity contribution in [2.75, 3.05) is 7.05 Å². The molecule has 0 aromatic heterocycles. The number of benzene rings is 2. The number of hydrogen-bond donors (Lipinski definition) is 7. The maximum atomic E-state index is 13.7. The van der Waals surface area contributed by atoms with E-state index in [1.807, 2.05) is 30.3 Å². The number of fused-ring (bicyclic) bond motifs is 1. The predicted molar refractivity (Wildman–Crippen MR) is 170 cm³/mol. The molecule has 46 heavy (non-hydrogen) atoms. The van der Waals surface area contributed by atoms with E-state index in [0.717, 1.165) is 16.3 Å². The lowest BCUT2D eigenvalue weighted by molar-refractivity contribution is -0.138. The number of nitrogens with two attached hydrogens (primary N) is 1. The quantitative estimate of drug-likeness (QED) is 0.115. The van der Waals surface area contributed by atoms with Gasteiger partial charge in [0.25, 0.3) is 0 Å². The van der Waals surface area contributed by atoms with Crippen LogP contribution in [0.2, 0.25) is 0 Å². The average molecular weight is 641 g/mol. The molecule has 14 nitrogen and oxygen atoms in total. The van der Waals surface area contributed by atoms with Crippen molar-refractivity contribution < 1.29 is 38.7 Å². The van der Waals surface area contributed by atoms with E-state index in [1.165, 1.54) is 20.9 Å². The molecule has 0 saturated heterocycles. The summed E-state index contributed by atoms with van der Waals surface area (Å²) in [5, 5.41) is 23.8. The van der Waals surface area contributed by atoms with Crippen LogP contribution in [0.3, 0.4) is 0 Å². The minimum atomic E-state index is -1.48. The fourth-order valence-electron chi connectivity index (χ4n) is 4.70. The second kappa shape index (κ2) is 17.6. The number of ketones is 1. The molecule has 2 rings (SSSR count). The van der Waals surface area contributed by atoms with E-state index in [2.05, 4.69) is 26.6 Å². The molecule has 0 radical (unpaired) electrons. The number of carboxylic acids is 1. The van der Waals surface area contributed by atoms with Crippen molar-refractivity contribution in [1.29, 1.82) is 0 Å². The lowest BCUT2D eigenvalue weighted by atomic mass is 9.97. The zero-order valence-corrected chi connectivity index (χ0v) is 26.7. The van der Waals surface area contributed by atoms with E-state index < -0.39 is 78.6 Å². The third kappa shape index (κ3) is 11.3. The molecule has 2 aromatic carbocycles. The number of hydrogen-bond acceptors (Lipinski definition) is 8. The number of rotatable bonds is 18. The van der Waals surface area contributed by atoms with Gasteiger partial charge in [-0.3, -0.25) is 33.6 Å². The van der Waals surface area contributed by atoms with Gasteiger partial charge in [-0.2, -0.15) is 0 Å². The van der Waals surface area contributed by atoms with E-state index in [0.29, 0.717) is 0 Å². The summed E-state index contributed by atoms with van der Waals surface area (Å²) in [7, 11) is 1.52. The minimum Gasteiger partial charge on any atom is -0.481 e. The highest BCUT2D eigenvalue weighted by atomic mass is 16.4. The van der Waals surface area contributed by atoms with Crippen LogP contribution in [0, 0.1) is 5.92 Å².